The van der Waals surface area contributed by atoms with E-state index in [0.717, 1.165) is 45.1 Å². The van der Waals surface area contributed by atoms with Gasteiger partial charge in [0.05, 0.1) is 16.7 Å². The summed E-state index contributed by atoms with van der Waals surface area (Å²) in [6, 6.07) is 0. The summed E-state index contributed by atoms with van der Waals surface area (Å²) >= 11 is 5.17. The molecule has 1 heterocycles. The Balaban J connectivity index is 1.73. The molecule has 21 heavy (non-hydrogen) atoms. The van der Waals surface area contributed by atoms with E-state index in [9.17, 15) is 4.79 Å². The summed E-state index contributed by atoms with van der Waals surface area (Å²) < 4.78 is 2.04. The number of aryl methyl sites for hydroxylation is 1. The van der Waals surface area contributed by atoms with Crippen molar-refractivity contribution >= 4 is 23.1 Å². The summed E-state index contributed by atoms with van der Waals surface area (Å²) in [5.74, 6) is 0.0253. The van der Waals surface area contributed by atoms with Crippen LogP contribution in [0.3, 0.4) is 0 Å². The van der Waals surface area contributed by atoms with Crippen molar-refractivity contribution in [1.82, 2.24) is 14.9 Å². The molecule has 0 radical (unpaired) electrons. The molecule has 0 spiro atoms. The molecule has 1 fully saturated rings. The standard InChI is InChI=1S/C15H24N4OS/c16-13(21)15(6-2-1-3-7-15)14(20)18-8-4-5-10-19-11-9-17-12-19/h9,11-12H,1-8,10H2,(H2,16,21)(H,18,20). The first kappa shape index (κ1) is 15.9. The topological polar surface area (TPSA) is 72.9 Å². The number of amides is 1. The number of hydrogen-bond acceptors (Lipinski definition) is 3. The van der Waals surface area contributed by atoms with Crippen LogP contribution in [0.4, 0.5) is 0 Å². The van der Waals surface area contributed by atoms with Gasteiger partial charge in [0.1, 0.15) is 0 Å². The molecule has 3 N–H and O–H groups in total. The second kappa shape index (κ2) is 7.54. The minimum Gasteiger partial charge on any atom is -0.392 e. The normalized spacial score (nSPS) is 17.3. The van der Waals surface area contributed by atoms with Gasteiger partial charge in [0.25, 0.3) is 0 Å². The van der Waals surface area contributed by atoms with Gasteiger partial charge in [-0.3, -0.25) is 4.79 Å². The third kappa shape index (κ3) is 4.03. The quantitative estimate of drug-likeness (QED) is 0.597. The molecular formula is C15H24N4OS. The molecule has 0 atom stereocenters. The summed E-state index contributed by atoms with van der Waals surface area (Å²) in [5.41, 5.74) is 5.26. The molecule has 0 unspecified atom stereocenters. The van der Waals surface area contributed by atoms with Gasteiger partial charge in [-0.25, -0.2) is 4.98 Å². The third-order valence-electron chi connectivity index (χ3n) is 4.30. The van der Waals surface area contributed by atoms with Crippen LogP contribution in [-0.4, -0.2) is 27.0 Å². The molecule has 1 aromatic rings. The van der Waals surface area contributed by atoms with Gasteiger partial charge in [0, 0.05) is 25.5 Å². The van der Waals surface area contributed by atoms with E-state index >= 15 is 0 Å². The zero-order valence-corrected chi connectivity index (χ0v) is 13.2. The maximum atomic E-state index is 12.5. The highest BCUT2D eigenvalue weighted by atomic mass is 32.1. The highest BCUT2D eigenvalue weighted by Crippen LogP contribution is 2.36. The highest BCUT2D eigenvalue weighted by Gasteiger charge is 2.41. The van der Waals surface area contributed by atoms with Crippen LogP contribution in [0.2, 0.25) is 0 Å². The van der Waals surface area contributed by atoms with Crippen molar-refractivity contribution in [3.05, 3.63) is 18.7 Å². The van der Waals surface area contributed by atoms with Crippen LogP contribution in [0.25, 0.3) is 0 Å². The Bertz CT molecular complexity index is 466. The Morgan fingerprint density at radius 3 is 2.71 bits per heavy atom. The number of imidazole rings is 1. The van der Waals surface area contributed by atoms with Gasteiger partial charge in [-0.2, -0.15) is 0 Å². The van der Waals surface area contributed by atoms with Crippen LogP contribution in [0.1, 0.15) is 44.9 Å². The van der Waals surface area contributed by atoms with Gasteiger partial charge in [-0.15, -0.1) is 0 Å². The van der Waals surface area contributed by atoms with Crippen molar-refractivity contribution < 1.29 is 4.79 Å². The molecule has 1 aromatic heterocycles. The Morgan fingerprint density at radius 1 is 1.33 bits per heavy atom. The molecule has 0 bridgehead atoms. The Morgan fingerprint density at radius 2 is 2.10 bits per heavy atom. The molecule has 1 saturated carbocycles. The van der Waals surface area contributed by atoms with Crippen LogP contribution in [0, 0.1) is 5.41 Å². The monoisotopic (exact) mass is 308 g/mol. The maximum Gasteiger partial charge on any atom is 0.233 e. The van der Waals surface area contributed by atoms with E-state index in [1.165, 1.54) is 6.42 Å². The molecule has 0 aromatic carbocycles. The lowest BCUT2D eigenvalue weighted by Gasteiger charge is -2.34. The van der Waals surface area contributed by atoms with E-state index in [-0.39, 0.29) is 5.91 Å². The van der Waals surface area contributed by atoms with Gasteiger partial charge >= 0.3 is 0 Å². The number of nitrogens with two attached hydrogens (primary N) is 1. The fraction of sp³-hybridized carbons (Fsp3) is 0.667. The van der Waals surface area contributed by atoms with E-state index in [0.29, 0.717) is 11.5 Å². The minimum absolute atomic E-state index is 0.0253. The molecular weight excluding hydrogens is 284 g/mol. The SMILES string of the molecule is NC(=S)C1(C(=O)NCCCCn2ccnc2)CCCCC1. The second-order valence-electron chi connectivity index (χ2n) is 5.77. The van der Waals surface area contributed by atoms with Crippen LogP contribution in [0.5, 0.6) is 0 Å². The highest BCUT2D eigenvalue weighted by molar-refractivity contribution is 7.80. The number of hydrogen-bond donors (Lipinski definition) is 2. The number of nitrogens with one attached hydrogen (secondary N) is 1. The van der Waals surface area contributed by atoms with Crippen LogP contribution in [-0.2, 0) is 11.3 Å². The fourth-order valence-corrected chi connectivity index (χ4v) is 3.25. The predicted molar refractivity (Wildman–Crippen MR) is 86.8 cm³/mol. The number of carbonyl (C=O) groups excluding carboxylic acids is 1. The lowest BCUT2D eigenvalue weighted by atomic mass is 9.73. The van der Waals surface area contributed by atoms with Gasteiger partial charge in [-0.1, -0.05) is 31.5 Å². The summed E-state index contributed by atoms with van der Waals surface area (Å²) in [7, 11) is 0. The lowest BCUT2D eigenvalue weighted by Crippen LogP contribution is -2.50. The van der Waals surface area contributed by atoms with E-state index in [2.05, 4.69) is 10.3 Å². The molecule has 1 aliphatic rings. The average molecular weight is 308 g/mol. The number of aromatic nitrogens is 2. The van der Waals surface area contributed by atoms with Crippen molar-refractivity contribution in [2.24, 2.45) is 11.1 Å². The van der Waals surface area contributed by atoms with Gasteiger partial charge in [0.2, 0.25) is 5.91 Å². The largest absolute Gasteiger partial charge is 0.392 e. The van der Waals surface area contributed by atoms with E-state index in [1.807, 2.05) is 17.1 Å². The van der Waals surface area contributed by atoms with Crippen molar-refractivity contribution in [3.63, 3.8) is 0 Å². The third-order valence-corrected chi connectivity index (χ3v) is 4.69. The van der Waals surface area contributed by atoms with Crippen LogP contribution < -0.4 is 11.1 Å². The maximum absolute atomic E-state index is 12.5. The number of thiocarbonyl (C=S) groups is 1. The predicted octanol–water partition coefficient (Wildman–Crippen LogP) is 2.02. The lowest BCUT2D eigenvalue weighted by molar-refractivity contribution is -0.128. The van der Waals surface area contributed by atoms with Gasteiger partial charge in [-0.05, 0) is 25.7 Å². The summed E-state index contributed by atoms with van der Waals surface area (Å²) in [6.45, 7) is 1.61. The summed E-state index contributed by atoms with van der Waals surface area (Å²) in [6.07, 6.45) is 12.3. The Kier molecular flexibility index (Phi) is 5.73. The Labute approximate surface area is 131 Å². The number of unbranched alkanes of at least 4 members (excludes halogenated alkanes) is 1. The summed E-state index contributed by atoms with van der Waals surface area (Å²) in [4.78, 5) is 16.8. The first-order chi connectivity index (χ1) is 10.1. The van der Waals surface area contributed by atoms with E-state index in [1.54, 1.807) is 6.20 Å². The molecule has 6 heteroatoms. The van der Waals surface area contributed by atoms with E-state index in [4.69, 9.17) is 18.0 Å². The fourth-order valence-electron chi connectivity index (χ4n) is 2.95. The zero-order chi connectivity index (χ0) is 15.1. The first-order valence-electron chi connectivity index (χ1n) is 7.69. The molecule has 1 amide bonds. The molecule has 116 valence electrons. The smallest absolute Gasteiger partial charge is 0.233 e. The second-order valence-corrected chi connectivity index (χ2v) is 6.21. The summed E-state index contributed by atoms with van der Waals surface area (Å²) in [5, 5.41) is 3.02. The molecule has 5 nitrogen and oxygen atoms in total. The number of carbonyl (C=O) groups is 1. The molecule has 1 aliphatic carbocycles. The Hall–Kier alpha value is -1.43. The van der Waals surface area contributed by atoms with Crippen molar-refractivity contribution in [2.45, 2.75) is 51.5 Å². The number of nitrogens with zero attached hydrogens (tertiary/aromatic N) is 2. The van der Waals surface area contributed by atoms with E-state index < -0.39 is 5.41 Å². The zero-order valence-electron chi connectivity index (χ0n) is 12.4. The van der Waals surface area contributed by atoms with Crippen molar-refractivity contribution in [1.29, 1.82) is 0 Å². The minimum atomic E-state index is -0.599. The van der Waals surface area contributed by atoms with Crippen LogP contribution in [0.15, 0.2) is 18.7 Å². The molecule has 0 saturated heterocycles. The van der Waals surface area contributed by atoms with Gasteiger partial charge in [0.15, 0.2) is 0 Å². The number of rotatable bonds is 7. The van der Waals surface area contributed by atoms with Crippen LogP contribution >= 0.6 is 12.2 Å². The van der Waals surface area contributed by atoms with Crippen molar-refractivity contribution in [3.8, 4) is 0 Å². The van der Waals surface area contributed by atoms with Crippen molar-refractivity contribution in [2.75, 3.05) is 6.54 Å². The average Bonchev–Trinajstić information content (AvgIpc) is 3.00. The first-order valence-corrected chi connectivity index (χ1v) is 8.10. The van der Waals surface area contributed by atoms with Gasteiger partial charge < -0.3 is 15.6 Å². The molecule has 0 aliphatic heterocycles. The molecule has 2 rings (SSSR count).